The third-order valence-electron chi connectivity index (χ3n) is 3.69. The first-order valence-corrected chi connectivity index (χ1v) is 7.05. The van der Waals surface area contributed by atoms with E-state index in [0.717, 1.165) is 37.5 Å². The number of fused-ring (bicyclic) bond motifs is 1. The summed E-state index contributed by atoms with van der Waals surface area (Å²) in [7, 11) is 0. The Morgan fingerprint density at radius 3 is 2.95 bits per heavy atom. The van der Waals surface area contributed by atoms with Crippen molar-refractivity contribution in [2.24, 2.45) is 0 Å². The maximum atomic E-state index is 5.93. The summed E-state index contributed by atoms with van der Waals surface area (Å²) in [6.45, 7) is 4.42. The fraction of sp³-hybridized carbons (Fsp3) is 0.600. The minimum atomic E-state index is 0.0908. The van der Waals surface area contributed by atoms with Crippen LogP contribution < -0.4 is 14.8 Å². The van der Waals surface area contributed by atoms with Crippen LogP contribution in [0.3, 0.4) is 0 Å². The number of nitrogens with one attached hydrogen (secondary N) is 1. The highest BCUT2D eigenvalue weighted by molar-refractivity contribution is 5.40. The predicted octanol–water partition coefficient (Wildman–Crippen LogP) is 1.98. The minimum Gasteiger partial charge on any atom is -0.486 e. The molecule has 4 nitrogen and oxygen atoms in total. The molecule has 104 valence electrons. The average Bonchev–Trinajstić information content (AvgIpc) is 2.45. The highest BCUT2D eigenvalue weighted by atomic mass is 16.6. The molecule has 0 bridgehead atoms. The molecule has 4 heteroatoms. The van der Waals surface area contributed by atoms with Crippen LogP contribution >= 0.6 is 0 Å². The average molecular weight is 263 g/mol. The molecule has 0 amide bonds. The van der Waals surface area contributed by atoms with Crippen molar-refractivity contribution in [3.05, 3.63) is 24.3 Å². The van der Waals surface area contributed by atoms with Gasteiger partial charge in [-0.25, -0.2) is 0 Å². The van der Waals surface area contributed by atoms with Gasteiger partial charge in [0.1, 0.15) is 12.7 Å². The van der Waals surface area contributed by atoms with Crippen molar-refractivity contribution >= 4 is 0 Å². The van der Waals surface area contributed by atoms with E-state index in [2.05, 4.69) is 12.2 Å². The van der Waals surface area contributed by atoms with Crippen LogP contribution in [0.15, 0.2) is 24.3 Å². The van der Waals surface area contributed by atoms with Crippen LogP contribution in [0.5, 0.6) is 11.5 Å². The molecule has 1 fully saturated rings. The molecule has 0 radical (unpaired) electrons. The van der Waals surface area contributed by atoms with Gasteiger partial charge in [0.25, 0.3) is 0 Å². The lowest BCUT2D eigenvalue weighted by Crippen LogP contribution is -2.45. The van der Waals surface area contributed by atoms with Crippen molar-refractivity contribution in [1.29, 1.82) is 0 Å². The van der Waals surface area contributed by atoms with E-state index >= 15 is 0 Å². The SMILES string of the molecule is CC1CC(NCC2COc3ccccc3O2)CCO1. The maximum Gasteiger partial charge on any atom is 0.161 e. The van der Waals surface area contributed by atoms with E-state index in [1.165, 1.54) is 0 Å². The zero-order valence-corrected chi connectivity index (χ0v) is 11.3. The molecule has 3 rings (SSSR count). The van der Waals surface area contributed by atoms with E-state index in [0.29, 0.717) is 18.8 Å². The van der Waals surface area contributed by atoms with Gasteiger partial charge in [-0.1, -0.05) is 12.1 Å². The first kappa shape index (κ1) is 12.8. The lowest BCUT2D eigenvalue weighted by molar-refractivity contribution is 0.00943. The second kappa shape index (κ2) is 5.80. The normalized spacial score (nSPS) is 30.1. The Morgan fingerprint density at radius 1 is 1.26 bits per heavy atom. The number of para-hydroxylation sites is 2. The van der Waals surface area contributed by atoms with Crippen molar-refractivity contribution in [3.8, 4) is 11.5 Å². The van der Waals surface area contributed by atoms with Gasteiger partial charge in [0.05, 0.1) is 6.10 Å². The Balaban J connectivity index is 1.49. The molecule has 0 aromatic heterocycles. The summed E-state index contributed by atoms with van der Waals surface area (Å²) >= 11 is 0. The zero-order valence-electron chi connectivity index (χ0n) is 11.3. The van der Waals surface area contributed by atoms with Crippen molar-refractivity contribution < 1.29 is 14.2 Å². The number of hydrogen-bond donors (Lipinski definition) is 1. The fourth-order valence-corrected chi connectivity index (χ4v) is 2.65. The second-order valence-electron chi connectivity index (χ2n) is 5.31. The molecule has 3 atom stereocenters. The summed E-state index contributed by atoms with van der Waals surface area (Å²) in [5.74, 6) is 1.69. The third kappa shape index (κ3) is 3.19. The lowest BCUT2D eigenvalue weighted by atomic mass is 10.0. The minimum absolute atomic E-state index is 0.0908. The Bertz CT molecular complexity index is 424. The second-order valence-corrected chi connectivity index (χ2v) is 5.31. The van der Waals surface area contributed by atoms with Crippen LogP contribution in [0, 0.1) is 0 Å². The number of rotatable bonds is 3. The first-order valence-electron chi connectivity index (χ1n) is 7.05. The van der Waals surface area contributed by atoms with Gasteiger partial charge in [0.15, 0.2) is 11.5 Å². The lowest BCUT2D eigenvalue weighted by Gasteiger charge is -2.31. The monoisotopic (exact) mass is 263 g/mol. The molecule has 1 saturated heterocycles. The van der Waals surface area contributed by atoms with Gasteiger partial charge in [-0.2, -0.15) is 0 Å². The molecule has 1 N–H and O–H groups in total. The van der Waals surface area contributed by atoms with E-state index in [4.69, 9.17) is 14.2 Å². The summed E-state index contributed by atoms with van der Waals surface area (Å²) in [5, 5.41) is 3.57. The Kier molecular flexibility index (Phi) is 3.89. The molecule has 2 heterocycles. The Morgan fingerprint density at radius 2 is 2.11 bits per heavy atom. The molecule has 2 aliphatic heterocycles. The summed E-state index contributed by atoms with van der Waals surface area (Å²) < 4.78 is 17.2. The third-order valence-corrected chi connectivity index (χ3v) is 3.69. The first-order chi connectivity index (χ1) is 9.31. The summed E-state index contributed by atoms with van der Waals surface area (Å²) in [5.41, 5.74) is 0. The van der Waals surface area contributed by atoms with Gasteiger partial charge in [0.2, 0.25) is 0 Å². The van der Waals surface area contributed by atoms with Crippen LogP contribution in [-0.2, 0) is 4.74 Å². The molecular weight excluding hydrogens is 242 g/mol. The molecular formula is C15H21NO3. The fourth-order valence-electron chi connectivity index (χ4n) is 2.65. The summed E-state index contributed by atoms with van der Waals surface area (Å²) in [6, 6.07) is 8.36. The molecule has 0 aliphatic carbocycles. The van der Waals surface area contributed by atoms with Crippen LogP contribution in [0.2, 0.25) is 0 Å². The molecule has 3 unspecified atom stereocenters. The summed E-state index contributed by atoms with van der Waals surface area (Å²) in [6.07, 6.45) is 2.60. The van der Waals surface area contributed by atoms with Crippen molar-refractivity contribution in [3.63, 3.8) is 0 Å². The van der Waals surface area contributed by atoms with Gasteiger partial charge in [0, 0.05) is 19.2 Å². The van der Waals surface area contributed by atoms with Crippen LogP contribution in [0.25, 0.3) is 0 Å². The molecule has 0 saturated carbocycles. The molecule has 1 aromatic rings. The quantitative estimate of drug-likeness (QED) is 0.905. The van der Waals surface area contributed by atoms with Crippen molar-refractivity contribution in [2.75, 3.05) is 19.8 Å². The van der Waals surface area contributed by atoms with Gasteiger partial charge in [-0.3, -0.25) is 0 Å². The number of hydrogen-bond acceptors (Lipinski definition) is 4. The van der Waals surface area contributed by atoms with Crippen LogP contribution in [0.4, 0.5) is 0 Å². The molecule has 19 heavy (non-hydrogen) atoms. The van der Waals surface area contributed by atoms with Gasteiger partial charge >= 0.3 is 0 Å². The van der Waals surface area contributed by atoms with Crippen LogP contribution in [0.1, 0.15) is 19.8 Å². The molecule has 0 spiro atoms. The Hall–Kier alpha value is -1.26. The van der Waals surface area contributed by atoms with E-state index in [9.17, 15) is 0 Å². The number of ether oxygens (including phenoxy) is 3. The Labute approximate surface area is 114 Å². The van der Waals surface area contributed by atoms with Crippen LogP contribution in [-0.4, -0.2) is 38.0 Å². The highest BCUT2D eigenvalue weighted by Crippen LogP contribution is 2.30. The zero-order chi connectivity index (χ0) is 13.1. The summed E-state index contributed by atoms with van der Waals surface area (Å²) in [4.78, 5) is 0. The highest BCUT2D eigenvalue weighted by Gasteiger charge is 2.23. The topological polar surface area (TPSA) is 39.7 Å². The van der Waals surface area contributed by atoms with Crippen molar-refractivity contribution in [1.82, 2.24) is 5.32 Å². The standard InChI is InChI=1S/C15H21NO3/c1-11-8-12(6-7-17-11)16-9-13-10-18-14-4-2-3-5-15(14)19-13/h2-5,11-13,16H,6-10H2,1H3. The molecule has 2 aliphatic rings. The largest absolute Gasteiger partial charge is 0.486 e. The number of benzene rings is 1. The van der Waals surface area contributed by atoms with E-state index < -0.39 is 0 Å². The van der Waals surface area contributed by atoms with E-state index in [1.807, 2.05) is 24.3 Å². The smallest absolute Gasteiger partial charge is 0.161 e. The van der Waals surface area contributed by atoms with E-state index in [1.54, 1.807) is 0 Å². The van der Waals surface area contributed by atoms with E-state index in [-0.39, 0.29) is 6.10 Å². The maximum absolute atomic E-state index is 5.93. The van der Waals surface area contributed by atoms with Gasteiger partial charge in [-0.15, -0.1) is 0 Å². The molecule has 1 aromatic carbocycles. The van der Waals surface area contributed by atoms with Gasteiger partial charge < -0.3 is 19.5 Å². The van der Waals surface area contributed by atoms with Crippen molar-refractivity contribution in [2.45, 2.75) is 38.0 Å². The van der Waals surface area contributed by atoms with Gasteiger partial charge in [-0.05, 0) is 31.9 Å². The predicted molar refractivity (Wildman–Crippen MR) is 72.8 cm³/mol.